The van der Waals surface area contributed by atoms with Crippen molar-refractivity contribution >= 4 is 43.0 Å². The van der Waals surface area contributed by atoms with Gasteiger partial charge in [-0.3, -0.25) is 4.79 Å². The zero-order valence-corrected chi connectivity index (χ0v) is 16.2. The molecule has 0 bridgehead atoms. The summed E-state index contributed by atoms with van der Waals surface area (Å²) in [6.45, 7) is 4.42. The largest absolute Gasteiger partial charge is 0.322 e. The van der Waals surface area contributed by atoms with Gasteiger partial charge in [0.1, 0.15) is 0 Å². The maximum Gasteiger partial charge on any atom is 0.255 e. The highest BCUT2D eigenvalue weighted by molar-refractivity contribution is 7.89. The van der Waals surface area contributed by atoms with Crippen molar-refractivity contribution in [3.63, 3.8) is 0 Å². The van der Waals surface area contributed by atoms with Crippen LogP contribution >= 0.6 is 11.3 Å². The van der Waals surface area contributed by atoms with E-state index in [0.29, 0.717) is 24.3 Å². The Labute approximate surface area is 157 Å². The normalized spacial score (nSPS) is 11.8. The van der Waals surface area contributed by atoms with E-state index in [1.165, 1.54) is 28.6 Å². The molecule has 7 heteroatoms. The first kappa shape index (κ1) is 18.6. The van der Waals surface area contributed by atoms with E-state index < -0.39 is 10.0 Å². The van der Waals surface area contributed by atoms with Crippen molar-refractivity contribution in [1.82, 2.24) is 4.31 Å². The lowest BCUT2D eigenvalue weighted by molar-refractivity contribution is 0.102. The number of nitrogens with zero attached hydrogens (tertiary/aromatic N) is 1. The van der Waals surface area contributed by atoms with Gasteiger partial charge in [-0.05, 0) is 59.3 Å². The highest BCUT2D eigenvalue weighted by atomic mass is 32.2. The summed E-state index contributed by atoms with van der Waals surface area (Å²) in [5, 5.41) is 5.93. The number of carbonyl (C=O) groups excluding carboxylic acids is 1. The molecule has 1 amide bonds. The van der Waals surface area contributed by atoms with Gasteiger partial charge in [0.05, 0.1) is 4.90 Å². The van der Waals surface area contributed by atoms with Crippen molar-refractivity contribution < 1.29 is 13.2 Å². The third-order valence-electron chi connectivity index (χ3n) is 4.17. The van der Waals surface area contributed by atoms with Crippen LogP contribution in [-0.4, -0.2) is 31.7 Å². The van der Waals surface area contributed by atoms with E-state index in [9.17, 15) is 13.2 Å². The van der Waals surface area contributed by atoms with E-state index in [-0.39, 0.29) is 10.8 Å². The SMILES string of the molecule is CCN(CC)S(=O)(=O)c1ccc(C(=O)Nc2ccc3sccc3c2)cc1. The third-order valence-corrected chi connectivity index (χ3v) is 7.13. The molecule has 0 unspecified atom stereocenters. The van der Waals surface area contributed by atoms with Crippen molar-refractivity contribution in [2.45, 2.75) is 18.7 Å². The van der Waals surface area contributed by atoms with Crippen molar-refractivity contribution in [3.8, 4) is 0 Å². The molecule has 1 aromatic heterocycles. The van der Waals surface area contributed by atoms with Crippen molar-refractivity contribution in [2.75, 3.05) is 18.4 Å². The molecule has 0 radical (unpaired) electrons. The topological polar surface area (TPSA) is 66.5 Å². The van der Waals surface area contributed by atoms with Gasteiger partial charge in [0.2, 0.25) is 10.0 Å². The van der Waals surface area contributed by atoms with E-state index in [4.69, 9.17) is 0 Å². The van der Waals surface area contributed by atoms with E-state index in [1.54, 1.807) is 25.2 Å². The molecule has 5 nitrogen and oxygen atoms in total. The number of carbonyl (C=O) groups is 1. The lowest BCUT2D eigenvalue weighted by Gasteiger charge is -2.18. The second kappa shape index (κ2) is 7.57. The Morgan fingerprint density at radius 1 is 1.04 bits per heavy atom. The average Bonchev–Trinajstić information content (AvgIpc) is 3.10. The van der Waals surface area contributed by atoms with Crippen LogP contribution in [0.3, 0.4) is 0 Å². The summed E-state index contributed by atoms with van der Waals surface area (Å²) < 4.78 is 27.5. The molecule has 3 rings (SSSR count). The summed E-state index contributed by atoms with van der Waals surface area (Å²) in [6.07, 6.45) is 0. The number of nitrogens with one attached hydrogen (secondary N) is 1. The molecule has 1 heterocycles. The highest BCUT2D eigenvalue weighted by Gasteiger charge is 2.21. The Morgan fingerprint density at radius 2 is 1.73 bits per heavy atom. The fourth-order valence-electron chi connectivity index (χ4n) is 2.74. The smallest absolute Gasteiger partial charge is 0.255 e. The third kappa shape index (κ3) is 3.65. The van der Waals surface area contributed by atoms with Crippen LogP contribution in [0.5, 0.6) is 0 Å². The quantitative estimate of drug-likeness (QED) is 0.689. The number of benzene rings is 2. The summed E-state index contributed by atoms with van der Waals surface area (Å²) in [5.41, 5.74) is 1.12. The predicted octanol–water partition coefficient (Wildman–Crippen LogP) is 4.18. The van der Waals surface area contributed by atoms with Crippen LogP contribution in [0.15, 0.2) is 58.8 Å². The molecular formula is C19H20N2O3S2. The van der Waals surface area contributed by atoms with Crippen molar-refractivity contribution in [3.05, 3.63) is 59.5 Å². The summed E-state index contributed by atoms with van der Waals surface area (Å²) >= 11 is 1.65. The van der Waals surface area contributed by atoms with Gasteiger partial charge >= 0.3 is 0 Å². The first-order valence-corrected chi connectivity index (χ1v) is 10.7. The minimum absolute atomic E-state index is 0.192. The van der Waals surface area contributed by atoms with Crippen LogP contribution in [0.4, 0.5) is 5.69 Å². The van der Waals surface area contributed by atoms with Gasteiger partial charge in [-0.15, -0.1) is 11.3 Å². The molecule has 0 saturated heterocycles. The number of thiophene rings is 1. The van der Waals surface area contributed by atoms with Gasteiger partial charge in [0.15, 0.2) is 0 Å². The van der Waals surface area contributed by atoms with E-state index in [0.717, 1.165) is 10.1 Å². The Balaban J connectivity index is 1.78. The van der Waals surface area contributed by atoms with Crippen molar-refractivity contribution in [2.24, 2.45) is 0 Å². The van der Waals surface area contributed by atoms with Crippen LogP contribution in [0.1, 0.15) is 24.2 Å². The molecule has 0 aliphatic carbocycles. The van der Waals surface area contributed by atoms with E-state index in [1.807, 2.05) is 29.6 Å². The minimum atomic E-state index is -3.52. The molecule has 0 spiro atoms. The minimum Gasteiger partial charge on any atom is -0.322 e. The standard InChI is InChI=1S/C19H20N2O3S2/c1-3-21(4-2)26(23,24)17-8-5-14(6-9-17)19(22)20-16-7-10-18-15(13-16)11-12-25-18/h5-13H,3-4H2,1-2H3,(H,20,22). The molecule has 2 aromatic carbocycles. The summed E-state index contributed by atoms with van der Waals surface area (Å²) in [5.74, 6) is -0.272. The van der Waals surface area contributed by atoms with Gasteiger partial charge in [0, 0.05) is 29.0 Å². The zero-order valence-electron chi connectivity index (χ0n) is 14.6. The number of anilines is 1. The number of hydrogen-bond acceptors (Lipinski definition) is 4. The van der Waals surface area contributed by atoms with E-state index in [2.05, 4.69) is 5.32 Å². The maximum atomic E-state index is 12.5. The van der Waals surface area contributed by atoms with Crippen LogP contribution in [0.25, 0.3) is 10.1 Å². The Morgan fingerprint density at radius 3 is 2.38 bits per heavy atom. The number of rotatable bonds is 6. The molecule has 0 atom stereocenters. The van der Waals surface area contributed by atoms with E-state index >= 15 is 0 Å². The molecular weight excluding hydrogens is 368 g/mol. The second-order valence-corrected chi connectivity index (χ2v) is 8.63. The summed E-state index contributed by atoms with van der Waals surface area (Å²) in [6, 6.07) is 13.8. The van der Waals surface area contributed by atoms with Crippen LogP contribution in [0, 0.1) is 0 Å². The summed E-state index contributed by atoms with van der Waals surface area (Å²) in [7, 11) is -3.52. The van der Waals surface area contributed by atoms with Gasteiger partial charge in [0.25, 0.3) is 5.91 Å². The van der Waals surface area contributed by atoms with Gasteiger partial charge in [-0.25, -0.2) is 8.42 Å². The van der Waals surface area contributed by atoms with Gasteiger partial charge in [-0.2, -0.15) is 4.31 Å². The van der Waals surface area contributed by atoms with Crippen LogP contribution < -0.4 is 5.32 Å². The van der Waals surface area contributed by atoms with Gasteiger partial charge in [-0.1, -0.05) is 13.8 Å². The molecule has 0 fully saturated rings. The fraction of sp³-hybridized carbons (Fsp3) is 0.211. The molecule has 26 heavy (non-hydrogen) atoms. The Kier molecular flexibility index (Phi) is 5.41. The lowest BCUT2D eigenvalue weighted by atomic mass is 10.2. The molecule has 0 saturated carbocycles. The number of sulfonamides is 1. The Bertz CT molecular complexity index is 1020. The highest BCUT2D eigenvalue weighted by Crippen LogP contribution is 2.24. The monoisotopic (exact) mass is 388 g/mol. The second-order valence-electron chi connectivity index (χ2n) is 5.74. The lowest BCUT2D eigenvalue weighted by Crippen LogP contribution is -2.30. The molecule has 136 valence electrons. The molecule has 0 aliphatic heterocycles. The fourth-order valence-corrected chi connectivity index (χ4v) is 4.97. The van der Waals surface area contributed by atoms with Crippen molar-refractivity contribution in [1.29, 1.82) is 0 Å². The Hall–Kier alpha value is -2.22. The molecule has 1 N–H and O–H groups in total. The first-order valence-electron chi connectivity index (χ1n) is 8.34. The van der Waals surface area contributed by atoms with Crippen LogP contribution in [0.2, 0.25) is 0 Å². The maximum absolute atomic E-state index is 12.5. The predicted molar refractivity (Wildman–Crippen MR) is 106 cm³/mol. The first-order chi connectivity index (χ1) is 12.5. The number of fused-ring (bicyclic) bond motifs is 1. The zero-order chi connectivity index (χ0) is 18.7. The van der Waals surface area contributed by atoms with Crippen LogP contribution in [-0.2, 0) is 10.0 Å². The number of amides is 1. The molecule has 0 aliphatic rings. The van der Waals surface area contributed by atoms with Gasteiger partial charge < -0.3 is 5.32 Å². The number of hydrogen-bond donors (Lipinski definition) is 1. The summed E-state index contributed by atoms with van der Waals surface area (Å²) in [4.78, 5) is 12.6. The molecule has 3 aromatic rings. The average molecular weight is 389 g/mol.